The molecule has 1 heterocycles. The van der Waals surface area contributed by atoms with Gasteiger partial charge in [0.05, 0.1) is 17.6 Å². The van der Waals surface area contributed by atoms with Crippen molar-refractivity contribution in [2.75, 3.05) is 5.75 Å². The van der Waals surface area contributed by atoms with Gasteiger partial charge in [-0.05, 0) is 24.7 Å². The van der Waals surface area contributed by atoms with Crippen molar-refractivity contribution in [2.24, 2.45) is 23.7 Å². The van der Waals surface area contributed by atoms with Gasteiger partial charge in [0, 0.05) is 6.42 Å². The number of rotatable bonds is 3. The molecule has 4 atom stereocenters. The average Bonchev–Trinajstić information content (AvgIpc) is 3.01. The van der Waals surface area contributed by atoms with Crippen LogP contribution >= 0.6 is 0 Å². The van der Waals surface area contributed by atoms with E-state index in [-0.39, 0.29) is 23.7 Å². The second-order valence-electron chi connectivity index (χ2n) is 5.86. The van der Waals surface area contributed by atoms with E-state index in [0.717, 1.165) is 6.42 Å². The van der Waals surface area contributed by atoms with Crippen molar-refractivity contribution in [3.63, 3.8) is 0 Å². The molecule has 10 heteroatoms. The Morgan fingerprint density at radius 1 is 1.13 bits per heavy atom. The molecule has 2 bridgehead atoms. The second-order valence-corrected chi connectivity index (χ2v) is 7.43. The summed E-state index contributed by atoms with van der Waals surface area (Å²) in [6.07, 6.45) is -0.956. The molecular formula is C13H16F3NO5S. The lowest BCUT2D eigenvalue weighted by Gasteiger charge is -2.14. The highest BCUT2D eigenvalue weighted by Crippen LogP contribution is 2.50. The molecule has 0 aromatic heterocycles. The summed E-state index contributed by atoms with van der Waals surface area (Å²) in [6, 6.07) is 0. The quantitative estimate of drug-likeness (QED) is 0.451. The maximum absolute atomic E-state index is 11.4. The van der Waals surface area contributed by atoms with Gasteiger partial charge in [0.25, 0.3) is 10.1 Å². The largest absolute Gasteiger partial charge is 0.389 e. The van der Waals surface area contributed by atoms with Gasteiger partial charge in [-0.25, -0.2) is 0 Å². The van der Waals surface area contributed by atoms with Crippen LogP contribution in [-0.2, 0) is 19.7 Å². The summed E-state index contributed by atoms with van der Waals surface area (Å²) in [5, 5.41) is 2.40. The molecule has 1 saturated carbocycles. The summed E-state index contributed by atoms with van der Waals surface area (Å²) in [5.74, 6) is -0.339. The molecule has 0 aromatic rings. The van der Waals surface area contributed by atoms with Gasteiger partial charge in [0.2, 0.25) is 11.8 Å². The number of fused-ring (bicyclic) bond motifs is 5. The highest BCUT2D eigenvalue weighted by atomic mass is 32.2. The van der Waals surface area contributed by atoms with Crippen molar-refractivity contribution >= 4 is 21.9 Å². The van der Waals surface area contributed by atoms with Crippen LogP contribution in [0.25, 0.3) is 0 Å². The van der Waals surface area contributed by atoms with E-state index in [2.05, 4.69) is 17.5 Å². The van der Waals surface area contributed by atoms with Crippen LogP contribution in [0, 0.1) is 23.7 Å². The maximum Gasteiger partial charge on any atom is 0.389 e. The van der Waals surface area contributed by atoms with Crippen LogP contribution in [0.1, 0.15) is 19.3 Å². The average molecular weight is 355 g/mol. The molecule has 1 aliphatic heterocycles. The molecule has 130 valence electrons. The number of hydrogen-bond donors (Lipinski definition) is 2. The van der Waals surface area contributed by atoms with E-state index >= 15 is 0 Å². The van der Waals surface area contributed by atoms with Gasteiger partial charge in [-0.3, -0.25) is 19.5 Å². The van der Waals surface area contributed by atoms with Crippen molar-refractivity contribution < 1.29 is 35.7 Å². The third-order valence-electron chi connectivity index (χ3n) is 4.17. The van der Waals surface area contributed by atoms with Gasteiger partial charge in [0.1, 0.15) is 0 Å². The maximum atomic E-state index is 11.4. The molecule has 1 saturated heterocycles. The number of allylic oxidation sites excluding steroid dienone is 2. The Labute approximate surface area is 130 Å². The van der Waals surface area contributed by atoms with Crippen molar-refractivity contribution in [1.82, 2.24) is 5.32 Å². The molecule has 6 nitrogen and oxygen atoms in total. The first kappa shape index (κ1) is 17.9. The van der Waals surface area contributed by atoms with Gasteiger partial charge >= 0.3 is 6.18 Å². The van der Waals surface area contributed by atoms with E-state index < -0.39 is 34.9 Å². The number of imide groups is 1. The number of carbonyl (C=O) groups excluding carboxylic acids is 2. The molecule has 2 aliphatic carbocycles. The topological polar surface area (TPSA) is 101 Å². The Hall–Kier alpha value is -1.42. The normalized spacial score (nSPS) is 31.7. The number of amides is 2. The van der Waals surface area contributed by atoms with E-state index in [1.807, 2.05) is 0 Å². The van der Waals surface area contributed by atoms with E-state index in [0.29, 0.717) is 11.8 Å². The first-order valence-corrected chi connectivity index (χ1v) is 8.64. The summed E-state index contributed by atoms with van der Waals surface area (Å²) in [4.78, 5) is 22.6. The van der Waals surface area contributed by atoms with E-state index in [9.17, 15) is 31.2 Å². The minimum atomic E-state index is -4.36. The van der Waals surface area contributed by atoms with Crippen molar-refractivity contribution in [3.05, 3.63) is 12.2 Å². The van der Waals surface area contributed by atoms with Crippen LogP contribution in [0.4, 0.5) is 13.2 Å². The van der Waals surface area contributed by atoms with Crippen molar-refractivity contribution in [3.8, 4) is 0 Å². The number of alkyl halides is 3. The fourth-order valence-corrected chi connectivity index (χ4v) is 3.79. The Morgan fingerprint density at radius 2 is 1.61 bits per heavy atom. The van der Waals surface area contributed by atoms with Crippen molar-refractivity contribution in [2.45, 2.75) is 25.4 Å². The summed E-state index contributed by atoms with van der Waals surface area (Å²) in [7, 11) is -4.25. The van der Waals surface area contributed by atoms with Gasteiger partial charge in [-0.1, -0.05) is 12.2 Å². The smallest absolute Gasteiger partial charge is 0.296 e. The molecule has 3 rings (SSSR count). The number of carbonyl (C=O) groups is 2. The molecule has 23 heavy (non-hydrogen) atoms. The lowest BCUT2D eigenvalue weighted by atomic mass is 9.85. The Morgan fingerprint density at radius 3 is 2.00 bits per heavy atom. The minimum absolute atomic E-state index is 0.0347. The first-order chi connectivity index (χ1) is 10.5. The predicted octanol–water partition coefficient (Wildman–Crippen LogP) is 1.30. The molecule has 0 aromatic carbocycles. The molecule has 0 spiro atoms. The highest BCUT2D eigenvalue weighted by molar-refractivity contribution is 7.85. The fourth-order valence-electron chi connectivity index (χ4n) is 3.28. The molecule has 2 amide bonds. The number of nitrogens with one attached hydrogen (secondary N) is 1. The predicted molar refractivity (Wildman–Crippen MR) is 72.6 cm³/mol. The molecule has 0 radical (unpaired) electrons. The second kappa shape index (κ2) is 6.23. The monoisotopic (exact) mass is 355 g/mol. The van der Waals surface area contributed by atoms with E-state index in [4.69, 9.17) is 4.55 Å². The SMILES string of the molecule is O=C1NC(=O)C2C3C=CC(C3)C12.O=S(=O)(O)CCCC(F)(F)F. The highest BCUT2D eigenvalue weighted by Gasteiger charge is 2.55. The zero-order valence-corrected chi connectivity index (χ0v) is 12.7. The van der Waals surface area contributed by atoms with Crippen LogP contribution in [0.3, 0.4) is 0 Å². The van der Waals surface area contributed by atoms with Gasteiger partial charge in [0.15, 0.2) is 0 Å². The van der Waals surface area contributed by atoms with Crippen molar-refractivity contribution in [1.29, 1.82) is 0 Å². The summed E-state index contributed by atoms with van der Waals surface area (Å²) in [5.41, 5.74) is 0. The minimum Gasteiger partial charge on any atom is -0.296 e. The molecule has 3 aliphatic rings. The van der Waals surface area contributed by atoms with Crippen LogP contribution in [0.2, 0.25) is 0 Å². The molecule has 2 N–H and O–H groups in total. The lowest BCUT2D eigenvalue weighted by Crippen LogP contribution is -2.25. The van der Waals surface area contributed by atoms with Gasteiger partial charge in [-0.2, -0.15) is 21.6 Å². The molecule has 2 fully saturated rings. The van der Waals surface area contributed by atoms with Gasteiger partial charge < -0.3 is 0 Å². The first-order valence-electron chi connectivity index (χ1n) is 7.03. The van der Waals surface area contributed by atoms with E-state index in [1.54, 1.807) is 0 Å². The third-order valence-corrected chi connectivity index (χ3v) is 4.98. The standard InChI is InChI=1S/C9H9NO2.C4H7F3O3S/c11-8-6-4-1-2-5(3-4)7(6)9(12)10-8;5-4(6,7)2-1-3-11(8,9)10/h1-2,4-7H,3H2,(H,10,11,12);1-3H2,(H,8,9,10). The van der Waals surface area contributed by atoms with Crippen LogP contribution < -0.4 is 5.32 Å². The number of hydrogen-bond acceptors (Lipinski definition) is 4. The fraction of sp³-hybridized carbons (Fsp3) is 0.692. The Balaban J connectivity index is 0.000000168. The zero-order chi connectivity index (χ0) is 17.4. The Bertz CT molecular complexity index is 600. The van der Waals surface area contributed by atoms with Crippen LogP contribution in [0.15, 0.2) is 12.2 Å². The zero-order valence-electron chi connectivity index (χ0n) is 11.9. The third kappa shape index (κ3) is 4.54. The Kier molecular flexibility index (Phi) is 4.86. The number of halogens is 3. The summed E-state index contributed by atoms with van der Waals surface area (Å²) >= 11 is 0. The van der Waals surface area contributed by atoms with E-state index in [1.165, 1.54) is 0 Å². The summed E-state index contributed by atoms with van der Waals surface area (Å²) < 4.78 is 61.9. The van der Waals surface area contributed by atoms with Gasteiger partial charge in [-0.15, -0.1) is 0 Å². The van der Waals surface area contributed by atoms with Crippen LogP contribution in [-0.4, -0.2) is 36.7 Å². The summed E-state index contributed by atoms with van der Waals surface area (Å²) in [6.45, 7) is 0. The molecule has 4 unspecified atom stereocenters. The van der Waals surface area contributed by atoms with Crippen LogP contribution in [0.5, 0.6) is 0 Å². The lowest BCUT2D eigenvalue weighted by molar-refractivity contribution is -0.134. The molecular weight excluding hydrogens is 339 g/mol.